The minimum absolute atomic E-state index is 0.0448. The van der Waals surface area contributed by atoms with Gasteiger partial charge >= 0.3 is 6.09 Å². The van der Waals surface area contributed by atoms with Crippen LogP contribution in [-0.4, -0.2) is 95.9 Å². The van der Waals surface area contributed by atoms with Gasteiger partial charge < -0.3 is 23.7 Å². The van der Waals surface area contributed by atoms with E-state index < -0.39 is 21.5 Å². The highest BCUT2D eigenvalue weighted by Gasteiger charge is 2.46. The van der Waals surface area contributed by atoms with Crippen molar-refractivity contribution in [3.05, 3.63) is 0 Å². The smallest absolute Gasteiger partial charge is 0.425 e. The van der Waals surface area contributed by atoms with Gasteiger partial charge in [0.25, 0.3) is 0 Å². The zero-order chi connectivity index (χ0) is 18.8. The maximum Gasteiger partial charge on any atom is 0.425 e. The molecule has 1 fully saturated rings. The largest absolute Gasteiger partial charge is 0.446 e. The number of carbonyl (C=O) groups is 1. The Balaban J connectivity index is 2.08. The third-order valence-corrected chi connectivity index (χ3v) is 5.78. The molecule has 0 aromatic carbocycles. The van der Waals surface area contributed by atoms with Gasteiger partial charge in [0.05, 0.1) is 57.8 Å². The molecule has 0 radical (unpaired) electrons. The number of methoxy groups -OCH3 is 1. The summed E-state index contributed by atoms with van der Waals surface area (Å²) in [4.78, 5) is 11.3. The molecule has 1 aliphatic rings. The van der Waals surface area contributed by atoms with Gasteiger partial charge in [-0.1, -0.05) is 0 Å². The lowest BCUT2D eigenvalue weighted by Crippen LogP contribution is -2.45. The number of carbonyl (C=O) groups excluding carboxylic acids is 1. The number of rotatable bonds is 14. The lowest BCUT2D eigenvalue weighted by molar-refractivity contribution is 0.00554. The standard InChI is InChI=1S/C14H26ClNO8S/c1-14(11-24-13(17)16(14)15)12-25(18,19)10-9-23-8-7-22-6-5-21-4-3-20-2/h3-12H2,1-2H3. The first-order chi connectivity index (χ1) is 11.8. The topological polar surface area (TPSA) is 101 Å². The maximum absolute atomic E-state index is 12.1. The highest BCUT2D eigenvalue weighted by Crippen LogP contribution is 2.27. The Morgan fingerprint density at radius 2 is 1.60 bits per heavy atom. The molecule has 11 heteroatoms. The summed E-state index contributed by atoms with van der Waals surface area (Å²) in [6.07, 6.45) is -0.737. The van der Waals surface area contributed by atoms with E-state index in [2.05, 4.69) is 0 Å². The van der Waals surface area contributed by atoms with Crippen molar-refractivity contribution in [3.63, 3.8) is 0 Å². The molecule has 148 valence electrons. The first kappa shape index (κ1) is 22.4. The molecule has 1 heterocycles. The third-order valence-electron chi connectivity index (χ3n) is 3.39. The molecule has 1 saturated heterocycles. The van der Waals surface area contributed by atoms with E-state index in [-0.39, 0.29) is 31.3 Å². The molecule has 0 spiro atoms. The van der Waals surface area contributed by atoms with Gasteiger partial charge in [-0.2, -0.15) is 0 Å². The van der Waals surface area contributed by atoms with Crippen LogP contribution in [0.5, 0.6) is 0 Å². The summed E-state index contributed by atoms with van der Waals surface area (Å²) in [7, 11) is -1.84. The molecule has 1 atom stereocenters. The lowest BCUT2D eigenvalue weighted by atomic mass is 10.1. The third kappa shape index (κ3) is 8.52. The van der Waals surface area contributed by atoms with Crippen LogP contribution in [0.3, 0.4) is 0 Å². The second-order valence-corrected chi connectivity index (χ2v) is 8.28. The van der Waals surface area contributed by atoms with Crippen molar-refractivity contribution in [1.82, 2.24) is 4.42 Å². The van der Waals surface area contributed by atoms with Crippen LogP contribution in [-0.2, 0) is 33.5 Å². The van der Waals surface area contributed by atoms with Crippen LogP contribution in [0.4, 0.5) is 4.79 Å². The minimum atomic E-state index is -3.45. The first-order valence-corrected chi connectivity index (χ1v) is 10.0. The molecule has 1 rings (SSSR count). The molecule has 0 bridgehead atoms. The van der Waals surface area contributed by atoms with Gasteiger partial charge in [0.15, 0.2) is 9.84 Å². The molecule has 9 nitrogen and oxygen atoms in total. The zero-order valence-electron chi connectivity index (χ0n) is 14.6. The Bertz CT molecular complexity index is 503. The highest BCUT2D eigenvalue weighted by atomic mass is 35.5. The second kappa shape index (κ2) is 11.1. The number of ether oxygens (including phenoxy) is 5. The predicted molar refractivity (Wildman–Crippen MR) is 90.4 cm³/mol. The lowest BCUT2D eigenvalue weighted by Gasteiger charge is -2.25. The van der Waals surface area contributed by atoms with Crippen molar-refractivity contribution in [2.24, 2.45) is 0 Å². The quantitative estimate of drug-likeness (QED) is 0.304. The van der Waals surface area contributed by atoms with E-state index in [1.54, 1.807) is 14.0 Å². The Labute approximate surface area is 153 Å². The van der Waals surface area contributed by atoms with Crippen molar-refractivity contribution < 1.29 is 36.9 Å². The highest BCUT2D eigenvalue weighted by molar-refractivity contribution is 7.91. The van der Waals surface area contributed by atoms with E-state index in [1.807, 2.05) is 0 Å². The van der Waals surface area contributed by atoms with Crippen LogP contribution in [0, 0.1) is 0 Å². The molecular weight excluding hydrogens is 378 g/mol. The summed E-state index contributed by atoms with van der Waals surface area (Å²) in [6, 6.07) is 0. The number of halogens is 1. The molecule has 1 unspecified atom stereocenters. The molecule has 1 aliphatic heterocycles. The van der Waals surface area contributed by atoms with Crippen LogP contribution >= 0.6 is 11.8 Å². The fourth-order valence-electron chi connectivity index (χ4n) is 2.07. The predicted octanol–water partition coefficient (Wildman–Crippen LogP) is 0.462. The molecule has 25 heavy (non-hydrogen) atoms. The van der Waals surface area contributed by atoms with Crippen molar-refractivity contribution >= 4 is 27.7 Å². The van der Waals surface area contributed by atoms with Crippen molar-refractivity contribution in [2.45, 2.75) is 12.5 Å². The van der Waals surface area contributed by atoms with Gasteiger partial charge in [0.2, 0.25) is 0 Å². The van der Waals surface area contributed by atoms with Crippen molar-refractivity contribution in [3.8, 4) is 0 Å². The van der Waals surface area contributed by atoms with E-state index in [0.29, 0.717) is 33.0 Å². The molecule has 1 amide bonds. The Morgan fingerprint density at radius 1 is 1.08 bits per heavy atom. The van der Waals surface area contributed by atoms with Gasteiger partial charge in [-0.3, -0.25) is 0 Å². The zero-order valence-corrected chi connectivity index (χ0v) is 16.1. The average Bonchev–Trinajstić information content (AvgIpc) is 2.79. The summed E-state index contributed by atoms with van der Waals surface area (Å²) in [5.74, 6) is -0.449. The minimum Gasteiger partial charge on any atom is -0.446 e. The Kier molecular flexibility index (Phi) is 9.98. The average molecular weight is 404 g/mol. The summed E-state index contributed by atoms with van der Waals surface area (Å²) in [5.41, 5.74) is -1.07. The summed E-state index contributed by atoms with van der Waals surface area (Å²) < 4.78 is 50.4. The van der Waals surface area contributed by atoms with E-state index in [9.17, 15) is 13.2 Å². The summed E-state index contributed by atoms with van der Waals surface area (Å²) in [6.45, 7) is 4.14. The van der Waals surface area contributed by atoms with Gasteiger partial charge in [0, 0.05) is 18.9 Å². The van der Waals surface area contributed by atoms with Gasteiger partial charge in [0.1, 0.15) is 12.1 Å². The number of hydrogen-bond acceptors (Lipinski definition) is 8. The van der Waals surface area contributed by atoms with Crippen molar-refractivity contribution in [2.75, 3.05) is 71.5 Å². The van der Waals surface area contributed by atoms with E-state index in [0.717, 1.165) is 4.42 Å². The Hall–Kier alpha value is -0.650. The Morgan fingerprint density at radius 3 is 2.08 bits per heavy atom. The van der Waals surface area contributed by atoms with Gasteiger partial charge in [-0.15, -0.1) is 0 Å². The van der Waals surface area contributed by atoms with Crippen LogP contribution in [0.2, 0.25) is 0 Å². The number of cyclic esters (lactones) is 1. The SMILES string of the molecule is COCCOCCOCCOCCS(=O)(=O)CC1(C)COC(=O)N1Cl. The van der Waals surface area contributed by atoms with Crippen LogP contribution in [0.25, 0.3) is 0 Å². The number of amides is 1. The fourth-order valence-corrected chi connectivity index (χ4v) is 3.97. The molecule has 0 aromatic rings. The van der Waals surface area contributed by atoms with E-state index >= 15 is 0 Å². The van der Waals surface area contributed by atoms with Crippen LogP contribution in [0.15, 0.2) is 0 Å². The molecule has 0 saturated carbocycles. The monoisotopic (exact) mass is 403 g/mol. The number of nitrogens with zero attached hydrogens (tertiary/aromatic N) is 1. The van der Waals surface area contributed by atoms with Crippen LogP contribution in [0.1, 0.15) is 6.92 Å². The number of sulfone groups is 1. The fraction of sp³-hybridized carbons (Fsp3) is 0.929. The molecule has 0 aliphatic carbocycles. The summed E-state index contributed by atoms with van der Waals surface area (Å²) >= 11 is 5.78. The first-order valence-electron chi connectivity index (χ1n) is 7.86. The number of hydrogen-bond donors (Lipinski definition) is 0. The van der Waals surface area contributed by atoms with Gasteiger partial charge in [-0.25, -0.2) is 17.6 Å². The summed E-state index contributed by atoms with van der Waals surface area (Å²) in [5, 5.41) is 0. The molecule has 0 aromatic heterocycles. The second-order valence-electron chi connectivity index (χ2n) is 5.75. The van der Waals surface area contributed by atoms with Gasteiger partial charge in [-0.05, 0) is 6.92 Å². The van der Waals surface area contributed by atoms with E-state index in [4.69, 9.17) is 35.5 Å². The molecule has 0 N–H and O–H groups in total. The van der Waals surface area contributed by atoms with E-state index in [1.165, 1.54) is 0 Å². The van der Waals surface area contributed by atoms with Crippen molar-refractivity contribution in [1.29, 1.82) is 0 Å². The van der Waals surface area contributed by atoms with Crippen LogP contribution < -0.4 is 0 Å². The normalized spacial score (nSPS) is 20.9. The molecular formula is C14H26ClNO8S. The maximum atomic E-state index is 12.1.